The fraction of sp³-hybridized carbons (Fsp3) is 0.506. The van der Waals surface area contributed by atoms with E-state index in [0.717, 1.165) is 141 Å². The molecule has 0 saturated carbocycles. The molecule has 0 spiro atoms. The summed E-state index contributed by atoms with van der Waals surface area (Å²) in [5, 5.41) is 10.6. The Kier molecular flexibility index (Phi) is 72.8. The Morgan fingerprint density at radius 1 is 0.269 bits per heavy atom. The summed E-state index contributed by atoms with van der Waals surface area (Å²) in [7, 11) is -10.1. The summed E-state index contributed by atoms with van der Waals surface area (Å²) in [6.07, 6.45) is 102. The van der Waals surface area contributed by atoms with Crippen LogP contribution in [0.1, 0.15) is 233 Å². The van der Waals surface area contributed by atoms with Gasteiger partial charge in [-0.15, -0.1) is 0 Å². The Bertz CT molecular complexity index is 3010. The Hall–Kier alpha value is -7.14. The van der Waals surface area contributed by atoms with Crippen molar-refractivity contribution in [3.05, 3.63) is 243 Å². The number of aliphatic hydroxyl groups excluding tert-OH is 1. The van der Waals surface area contributed by atoms with E-state index in [9.17, 15) is 43.2 Å². The number of esters is 4. The standard InChI is InChI=1S/C89H134O17P2/c1-5-9-13-17-21-25-29-33-37-40-41-44-47-50-54-58-62-66-70-74-87(92)100-80-85(106-89(94)76-72-68-64-60-56-52-48-43-39-35-31-27-23-19-15-11-7-3)82-104-108(97,98)102-78-83(90)77-101-107(95,96)103-81-84(105-88(93)75-71-67-63-59-55-51-45-36-32-28-24-20-16-12-8-4)79-99-86(91)73-69-65-61-57-53-49-46-42-38-34-30-26-22-18-14-10-6-2/h9-16,21-28,33-39,41,44-46,48-50,52,54-55,57,59-61,64,67,71,83-85,90H,5-8,17-20,29-32,40,42-43,47,51,53,56,58,62-63,65-66,68-70,72-82H2,1-4H3,(H,95,96)(H,97,98)/b13-9-,14-10-,15-11-,16-12-,25-21-,26-22-,27-23-,28-24-,37-33-,38-34-,39-35-,44-41-,45-36-,49-46-,52-48-,54-50-,59-55-,61-57-,64-60-,71-67-. The van der Waals surface area contributed by atoms with Crippen molar-refractivity contribution in [1.29, 1.82) is 0 Å². The minimum atomic E-state index is -5.04. The van der Waals surface area contributed by atoms with Crippen molar-refractivity contribution in [3.8, 4) is 0 Å². The number of unbranched alkanes of at least 4 members (excludes halogenated alkanes) is 5. The molecule has 0 aromatic carbocycles. The molecule has 0 bridgehead atoms. The Balaban J connectivity index is 5.61. The van der Waals surface area contributed by atoms with Gasteiger partial charge in [-0.1, -0.05) is 277 Å². The lowest BCUT2D eigenvalue weighted by Crippen LogP contribution is -2.30. The lowest BCUT2D eigenvalue weighted by molar-refractivity contribution is -0.161. The summed E-state index contributed by atoms with van der Waals surface area (Å²) in [5.74, 6) is -2.54. The van der Waals surface area contributed by atoms with E-state index in [1.807, 2.05) is 36.5 Å². The van der Waals surface area contributed by atoms with Gasteiger partial charge in [0, 0.05) is 19.3 Å². The van der Waals surface area contributed by atoms with Crippen molar-refractivity contribution < 1.29 is 80.2 Å². The maximum absolute atomic E-state index is 13.1. The number of carbonyl (C=O) groups excluding carboxylic acids is 4. The molecule has 602 valence electrons. The number of phosphoric acid groups is 2. The van der Waals surface area contributed by atoms with Crippen LogP contribution >= 0.6 is 15.6 Å². The second-order valence-corrected chi connectivity index (χ2v) is 27.7. The van der Waals surface area contributed by atoms with Crippen LogP contribution in [0.4, 0.5) is 0 Å². The third-order valence-corrected chi connectivity index (χ3v) is 16.7. The number of allylic oxidation sites excluding steroid dienone is 39. The van der Waals surface area contributed by atoms with Gasteiger partial charge >= 0.3 is 39.5 Å². The lowest BCUT2D eigenvalue weighted by Gasteiger charge is -2.21. The molecule has 0 fully saturated rings. The minimum absolute atomic E-state index is 0.00686. The summed E-state index contributed by atoms with van der Waals surface area (Å²) in [6.45, 7) is 4.07. The van der Waals surface area contributed by atoms with Crippen LogP contribution in [0.3, 0.4) is 0 Å². The van der Waals surface area contributed by atoms with Crippen molar-refractivity contribution in [1.82, 2.24) is 0 Å². The van der Waals surface area contributed by atoms with Gasteiger partial charge in [0.2, 0.25) is 0 Å². The number of hydrogen-bond donors (Lipinski definition) is 3. The molecule has 0 rings (SSSR count). The molecule has 0 radical (unpaired) electrons. The molecule has 0 aliphatic carbocycles. The topological polar surface area (TPSA) is 237 Å². The molecule has 0 amide bonds. The fourth-order valence-electron chi connectivity index (χ4n) is 9.04. The van der Waals surface area contributed by atoms with Crippen LogP contribution in [-0.2, 0) is 65.4 Å². The molecule has 0 aromatic rings. The first-order valence-corrected chi connectivity index (χ1v) is 42.3. The van der Waals surface area contributed by atoms with Gasteiger partial charge in [-0.25, -0.2) is 9.13 Å². The number of hydrogen-bond acceptors (Lipinski definition) is 15. The quantitative estimate of drug-likeness (QED) is 0.0169. The molecule has 0 aliphatic heterocycles. The van der Waals surface area contributed by atoms with Gasteiger partial charge in [0.05, 0.1) is 32.8 Å². The highest BCUT2D eigenvalue weighted by molar-refractivity contribution is 7.47. The molecule has 108 heavy (non-hydrogen) atoms. The summed E-state index contributed by atoms with van der Waals surface area (Å²) in [5.41, 5.74) is 0. The predicted octanol–water partition coefficient (Wildman–Crippen LogP) is 23.2. The van der Waals surface area contributed by atoms with Crippen molar-refractivity contribution in [2.75, 3.05) is 39.6 Å². The van der Waals surface area contributed by atoms with E-state index in [1.54, 1.807) is 12.2 Å². The van der Waals surface area contributed by atoms with E-state index in [2.05, 4.69) is 222 Å². The van der Waals surface area contributed by atoms with Gasteiger partial charge < -0.3 is 33.8 Å². The maximum atomic E-state index is 13.1. The number of aliphatic hydroxyl groups is 1. The van der Waals surface area contributed by atoms with Gasteiger partial charge in [-0.2, -0.15) is 0 Å². The van der Waals surface area contributed by atoms with Crippen molar-refractivity contribution in [2.24, 2.45) is 0 Å². The number of rotatable bonds is 70. The third-order valence-electron chi connectivity index (χ3n) is 14.8. The van der Waals surface area contributed by atoms with E-state index in [-0.39, 0.29) is 25.7 Å². The van der Waals surface area contributed by atoms with Gasteiger partial charge in [0.25, 0.3) is 0 Å². The smallest absolute Gasteiger partial charge is 0.462 e. The first-order valence-electron chi connectivity index (χ1n) is 39.3. The minimum Gasteiger partial charge on any atom is -0.462 e. The maximum Gasteiger partial charge on any atom is 0.472 e. The van der Waals surface area contributed by atoms with E-state index < -0.39 is 97.5 Å². The second kappa shape index (κ2) is 78.0. The molecule has 0 heterocycles. The molecule has 0 aromatic heterocycles. The lowest BCUT2D eigenvalue weighted by atomic mass is 10.1. The molecule has 5 atom stereocenters. The van der Waals surface area contributed by atoms with Crippen LogP contribution in [0.25, 0.3) is 0 Å². The van der Waals surface area contributed by atoms with Crippen molar-refractivity contribution in [3.63, 3.8) is 0 Å². The highest BCUT2D eigenvalue weighted by Gasteiger charge is 2.30. The average Bonchev–Trinajstić information content (AvgIpc) is 0.906. The average molecular weight is 1540 g/mol. The molecule has 0 saturated heterocycles. The van der Waals surface area contributed by atoms with Gasteiger partial charge in [-0.3, -0.25) is 37.3 Å². The number of carbonyl (C=O) groups is 4. The first-order chi connectivity index (χ1) is 52.7. The second-order valence-electron chi connectivity index (χ2n) is 24.8. The van der Waals surface area contributed by atoms with Crippen molar-refractivity contribution in [2.45, 2.75) is 251 Å². The third kappa shape index (κ3) is 77.0. The van der Waals surface area contributed by atoms with Crippen LogP contribution in [0.2, 0.25) is 0 Å². The zero-order chi connectivity index (χ0) is 78.9. The fourth-order valence-corrected chi connectivity index (χ4v) is 10.6. The summed E-state index contributed by atoms with van der Waals surface area (Å²) in [4.78, 5) is 72.9. The number of ether oxygens (including phenoxy) is 4. The first kappa shape index (κ1) is 101. The summed E-state index contributed by atoms with van der Waals surface area (Å²) in [6, 6.07) is 0. The van der Waals surface area contributed by atoms with Crippen LogP contribution in [0, 0.1) is 0 Å². The molecular formula is C89H134O17P2. The zero-order valence-electron chi connectivity index (χ0n) is 65.6. The molecule has 5 unspecified atom stereocenters. The van der Waals surface area contributed by atoms with Crippen LogP contribution < -0.4 is 0 Å². The zero-order valence-corrected chi connectivity index (χ0v) is 67.4. The SMILES string of the molecule is CC/C=C\C/C=C\C/C=C\C/C=C\C/C=C\CCCCCC(=O)OCC(COP(=O)(O)OCC(O)COP(=O)(O)OCC(COC(=O)CCC/C=C\C/C=C\C/C=C\C/C=C\C/C=C\CC)OC(=O)C/C=C\C/C=C\C/C=C\C/C=C\C/C=C\CC)OC(=O)CCC/C=C\C/C=C\C/C=C\C/C=C\C/C=C\CC. The normalized spacial score (nSPS) is 15.1. The molecule has 3 N–H and O–H groups in total. The Morgan fingerprint density at radius 2 is 0.500 bits per heavy atom. The van der Waals surface area contributed by atoms with E-state index in [4.69, 9.17) is 37.0 Å². The van der Waals surface area contributed by atoms with Crippen LogP contribution in [-0.4, -0.2) is 96.7 Å². The van der Waals surface area contributed by atoms with E-state index >= 15 is 0 Å². The van der Waals surface area contributed by atoms with E-state index in [1.165, 1.54) is 0 Å². The summed E-state index contributed by atoms with van der Waals surface area (Å²) < 4.78 is 68.3. The van der Waals surface area contributed by atoms with Gasteiger partial charge in [0.15, 0.2) is 12.2 Å². The Labute approximate surface area is 650 Å². The highest BCUT2D eigenvalue weighted by Crippen LogP contribution is 2.45. The predicted molar refractivity (Wildman–Crippen MR) is 444 cm³/mol. The number of phosphoric ester groups is 2. The van der Waals surface area contributed by atoms with Crippen molar-refractivity contribution >= 4 is 39.5 Å². The summed E-state index contributed by atoms with van der Waals surface area (Å²) >= 11 is 0. The largest absolute Gasteiger partial charge is 0.472 e. The molecule has 19 heteroatoms. The highest BCUT2D eigenvalue weighted by atomic mass is 31.2. The van der Waals surface area contributed by atoms with Crippen LogP contribution in [0.15, 0.2) is 243 Å². The molecule has 17 nitrogen and oxygen atoms in total. The van der Waals surface area contributed by atoms with Gasteiger partial charge in [0.1, 0.15) is 19.3 Å². The Morgan fingerprint density at radius 3 is 0.796 bits per heavy atom. The van der Waals surface area contributed by atoms with E-state index in [0.29, 0.717) is 38.5 Å². The molecule has 0 aliphatic rings. The van der Waals surface area contributed by atoms with Crippen LogP contribution in [0.5, 0.6) is 0 Å². The molecular weight excluding hydrogens is 1400 g/mol. The monoisotopic (exact) mass is 1540 g/mol. The van der Waals surface area contributed by atoms with Gasteiger partial charge in [-0.05, 0) is 173 Å².